The largest absolute Gasteiger partial charge is 0.480 e. The van der Waals surface area contributed by atoms with Crippen molar-refractivity contribution in [2.45, 2.75) is 6.54 Å². The van der Waals surface area contributed by atoms with Gasteiger partial charge < -0.3 is 9.84 Å². The molecule has 6 heteroatoms. The van der Waals surface area contributed by atoms with E-state index < -0.39 is 5.97 Å². The van der Waals surface area contributed by atoms with E-state index in [1.54, 1.807) is 30.3 Å². The second kappa shape index (κ2) is 5.41. The third-order valence-corrected chi connectivity index (χ3v) is 3.86. The molecule has 0 saturated carbocycles. The monoisotopic (exact) mass is 301 g/mol. The number of ether oxygens (including phenoxy) is 1. The highest BCUT2D eigenvalue weighted by molar-refractivity contribution is 7.16. The van der Waals surface area contributed by atoms with Crippen LogP contribution in [0.2, 0.25) is 0 Å². The van der Waals surface area contributed by atoms with Gasteiger partial charge >= 0.3 is 10.8 Å². The zero-order valence-electron chi connectivity index (χ0n) is 10.9. The Kier molecular flexibility index (Phi) is 3.45. The predicted molar refractivity (Wildman–Crippen MR) is 80.2 cm³/mol. The first-order chi connectivity index (χ1) is 10.1. The average Bonchev–Trinajstić information content (AvgIpc) is 2.77. The lowest BCUT2D eigenvalue weighted by Gasteiger charge is -2.08. The first kappa shape index (κ1) is 13.4. The van der Waals surface area contributed by atoms with Gasteiger partial charge in [0.25, 0.3) is 0 Å². The van der Waals surface area contributed by atoms with Crippen molar-refractivity contribution in [3.63, 3.8) is 0 Å². The molecule has 0 saturated heterocycles. The van der Waals surface area contributed by atoms with E-state index in [2.05, 4.69) is 0 Å². The second-order valence-electron chi connectivity index (χ2n) is 4.37. The molecule has 3 rings (SSSR count). The summed E-state index contributed by atoms with van der Waals surface area (Å²) in [6.07, 6.45) is 0. The van der Waals surface area contributed by atoms with Crippen LogP contribution >= 0.6 is 11.3 Å². The molecule has 0 aliphatic carbocycles. The number of carboxylic acid groups (broad SMARTS) is 1. The normalized spacial score (nSPS) is 10.7. The Morgan fingerprint density at radius 2 is 1.90 bits per heavy atom. The molecule has 0 bridgehead atoms. The Morgan fingerprint density at radius 3 is 2.62 bits per heavy atom. The van der Waals surface area contributed by atoms with Gasteiger partial charge in [0.1, 0.15) is 17.8 Å². The van der Waals surface area contributed by atoms with Crippen LogP contribution in [-0.2, 0) is 11.3 Å². The molecule has 0 aliphatic heterocycles. The van der Waals surface area contributed by atoms with Gasteiger partial charge in [0.15, 0.2) is 5.75 Å². The molecule has 0 amide bonds. The van der Waals surface area contributed by atoms with Gasteiger partial charge in [-0.2, -0.15) is 0 Å². The standard InChI is InChI=1S/C15H11NO4S/c17-13(18)9-16-14-11(20-10-5-2-1-3-6-10)7-4-8-12(14)21-15(16)19/h1-8H,9H2,(H,17,18). The fraction of sp³-hybridized carbons (Fsp3) is 0.0667. The van der Waals surface area contributed by atoms with Crippen molar-refractivity contribution in [3.05, 3.63) is 58.2 Å². The summed E-state index contributed by atoms with van der Waals surface area (Å²) in [5.41, 5.74) is 0.513. The first-order valence-electron chi connectivity index (χ1n) is 6.22. The predicted octanol–water partition coefficient (Wildman–Crippen LogP) is 2.94. The molecule has 5 nitrogen and oxygen atoms in total. The van der Waals surface area contributed by atoms with Crippen LogP contribution in [0.3, 0.4) is 0 Å². The maximum atomic E-state index is 11.9. The van der Waals surface area contributed by atoms with E-state index in [0.717, 1.165) is 11.3 Å². The topological polar surface area (TPSA) is 68.5 Å². The summed E-state index contributed by atoms with van der Waals surface area (Å²) in [4.78, 5) is 22.6. The molecule has 21 heavy (non-hydrogen) atoms. The van der Waals surface area contributed by atoms with Crippen molar-refractivity contribution >= 4 is 27.5 Å². The number of hydrogen-bond acceptors (Lipinski definition) is 4. The quantitative estimate of drug-likeness (QED) is 0.804. The van der Waals surface area contributed by atoms with Crippen molar-refractivity contribution in [1.82, 2.24) is 4.57 Å². The number of rotatable bonds is 4. The van der Waals surface area contributed by atoms with E-state index in [-0.39, 0.29) is 11.4 Å². The number of hydrogen-bond donors (Lipinski definition) is 1. The van der Waals surface area contributed by atoms with Crippen LogP contribution in [0.25, 0.3) is 10.2 Å². The van der Waals surface area contributed by atoms with Crippen molar-refractivity contribution in [1.29, 1.82) is 0 Å². The molecule has 0 fully saturated rings. The summed E-state index contributed by atoms with van der Waals surface area (Å²) >= 11 is 1.01. The molecule has 1 aromatic heterocycles. The van der Waals surface area contributed by atoms with E-state index in [1.807, 2.05) is 18.2 Å². The van der Waals surface area contributed by atoms with Gasteiger partial charge in [-0.25, -0.2) is 0 Å². The molecule has 0 unspecified atom stereocenters. The van der Waals surface area contributed by atoms with E-state index in [4.69, 9.17) is 9.84 Å². The molecule has 106 valence electrons. The number of aliphatic carboxylic acids is 1. The van der Waals surface area contributed by atoms with Gasteiger partial charge in [-0.3, -0.25) is 14.2 Å². The van der Waals surface area contributed by atoms with Gasteiger partial charge in [-0.15, -0.1) is 0 Å². The minimum absolute atomic E-state index is 0.309. The van der Waals surface area contributed by atoms with Gasteiger partial charge in [0.2, 0.25) is 0 Å². The zero-order valence-corrected chi connectivity index (χ0v) is 11.7. The third kappa shape index (κ3) is 2.66. The number of fused-ring (bicyclic) bond motifs is 1. The van der Waals surface area contributed by atoms with Crippen LogP contribution < -0.4 is 9.61 Å². The number of para-hydroxylation sites is 2. The van der Waals surface area contributed by atoms with E-state index in [1.165, 1.54) is 4.57 Å². The van der Waals surface area contributed by atoms with Crippen LogP contribution in [0.4, 0.5) is 0 Å². The molecule has 0 aliphatic rings. The Morgan fingerprint density at radius 1 is 1.14 bits per heavy atom. The lowest BCUT2D eigenvalue weighted by molar-refractivity contribution is -0.137. The van der Waals surface area contributed by atoms with Crippen molar-refractivity contribution in [3.8, 4) is 11.5 Å². The lowest BCUT2D eigenvalue weighted by Crippen LogP contribution is -2.18. The fourth-order valence-corrected chi connectivity index (χ4v) is 2.98. The van der Waals surface area contributed by atoms with Crippen LogP contribution in [0.5, 0.6) is 11.5 Å². The minimum atomic E-state index is -1.06. The molecule has 1 N–H and O–H groups in total. The van der Waals surface area contributed by atoms with E-state index in [9.17, 15) is 9.59 Å². The summed E-state index contributed by atoms with van der Waals surface area (Å²) in [6, 6.07) is 14.4. The van der Waals surface area contributed by atoms with Crippen molar-refractivity contribution < 1.29 is 14.6 Å². The molecule has 2 aromatic carbocycles. The minimum Gasteiger partial charge on any atom is -0.480 e. The molecule has 0 spiro atoms. The molecule has 0 atom stereocenters. The van der Waals surface area contributed by atoms with Crippen LogP contribution in [0, 0.1) is 0 Å². The SMILES string of the molecule is O=C(O)Cn1c(=O)sc2cccc(Oc3ccccc3)c21. The second-order valence-corrected chi connectivity index (χ2v) is 5.36. The van der Waals surface area contributed by atoms with Gasteiger partial charge in [0, 0.05) is 0 Å². The van der Waals surface area contributed by atoms with Gasteiger partial charge in [-0.05, 0) is 24.3 Å². The summed E-state index contributed by atoms with van der Waals surface area (Å²) in [5, 5.41) is 8.95. The fourth-order valence-electron chi connectivity index (χ4n) is 2.07. The highest BCUT2D eigenvalue weighted by Gasteiger charge is 2.15. The number of thiazole rings is 1. The molecule has 0 radical (unpaired) electrons. The Labute approximate surface area is 123 Å². The highest BCUT2D eigenvalue weighted by atomic mass is 32.1. The lowest BCUT2D eigenvalue weighted by atomic mass is 10.3. The van der Waals surface area contributed by atoms with Crippen molar-refractivity contribution in [2.75, 3.05) is 0 Å². The van der Waals surface area contributed by atoms with Crippen LogP contribution in [0.1, 0.15) is 0 Å². The number of benzene rings is 2. The Hall–Kier alpha value is -2.60. The zero-order chi connectivity index (χ0) is 14.8. The Bertz CT molecular complexity index is 851. The maximum Gasteiger partial charge on any atom is 0.323 e. The number of aromatic nitrogens is 1. The summed E-state index contributed by atoms with van der Waals surface area (Å²) in [6.45, 7) is -0.381. The summed E-state index contributed by atoms with van der Waals surface area (Å²) < 4.78 is 7.71. The van der Waals surface area contributed by atoms with Crippen LogP contribution in [0.15, 0.2) is 53.3 Å². The molecule has 1 heterocycles. The van der Waals surface area contributed by atoms with Crippen LogP contribution in [-0.4, -0.2) is 15.6 Å². The van der Waals surface area contributed by atoms with Gasteiger partial charge in [-0.1, -0.05) is 35.6 Å². The number of nitrogens with zero attached hydrogens (tertiary/aromatic N) is 1. The van der Waals surface area contributed by atoms with E-state index >= 15 is 0 Å². The van der Waals surface area contributed by atoms with E-state index in [0.29, 0.717) is 21.7 Å². The third-order valence-electron chi connectivity index (χ3n) is 2.91. The Balaban J connectivity index is 2.14. The molecular weight excluding hydrogens is 290 g/mol. The highest BCUT2D eigenvalue weighted by Crippen LogP contribution is 2.31. The average molecular weight is 301 g/mol. The van der Waals surface area contributed by atoms with Crippen molar-refractivity contribution in [2.24, 2.45) is 0 Å². The maximum absolute atomic E-state index is 11.9. The number of carbonyl (C=O) groups is 1. The van der Waals surface area contributed by atoms with Gasteiger partial charge in [0.05, 0.1) is 4.70 Å². The molecular formula is C15H11NO4S. The smallest absolute Gasteiger partial charge is 0.323 e. The first-order valence-corrected chi connectivity index (χ1v) is 7.04. The summed E-state index contributed by atoms with van der Waals surface area (Å²) in [7, 11) is 0. The molecule has 3 aromatic rings. The summed E-state index contributed by atoms with van der Waals surface area (Å²) in [5.74, 6) is 0.0372. The number of carboxylic acids is 1.